The van der Waals surface area contributed by atoms with Crippen LogP contribution in [0.1, 0.15) is 36.0 Å². The Balaban J connectivity index is 1.63. The molecule has 0 aromatic heterocycles. The number of hydrogen-bond acceptors (Lipinski definition) is 2. The average Bonchev–Trinajstić information content (AvgIpc) is 3.03. The number of nitrogens with zero attached hydrogens (tertiary/aromatic N) is 2. The highest BCUT2D eigenvalue weighted by Gasteiger charge is 2.29. The minimum absolute atomic E-state index is 0.163. The van der Waals surface area contributed by atoms with Gasteiger partial charge in [-0.05, 0) is 31.0 Å². The van der Waals surface area contributed by atoms with Crippen molar-refractivity contribution < 1.29 is 13.6 Å². The van der Waals surface area contributed by atoms with Crippen LogP contribution in [0.5, 0.6) is 0 Å². The molecular formula is C16H20F2N2O. The molecule has 0 unspecified atom stereocenters. The molecule has 5 heteroatoms. The summed E-state index contributed by atoms with van der Waals surface area (Å²) < 4.78 is 26.9. The number of piperazine rings is 1. The number of benzene rings is 1. The third-order valence-corrected chi connectivity index (χ3v) is 4.60. The van der Waals surface area contributed by atoms with Gasteiger partial charge in [-0.25, -0.2) is 8.78 Å². The summed E-state index contributed by atoms with van der Waals surface area (Å²) in [5.41, 5.74) is -0.163. The predicted molar refractivity (Wildman–Crippen MR) is 76.1 cm³/mol. The van der Waals surface area contributed by atoms with Crippen molar-refractivity contribution in [2.75, 3.05) is 26.2 Å². The van der Waals surface area contributed by atoms with Crippen LogP contribution in [0.2, 0.25) is 0 Å². The fraction of sp³-hybridized carbons (Fsp3) is 0.562. The molecule has 0 N–H and O–H groups in total. The first-order chi connectivity index (χ1) is 10.1. The highest BCUT2D eigenvalue weighted by Crippen LogP contribution is 2.24. The minimum atomic E-state index is -0.653. The number of amides is 1. The Morgan fingerprint density at radius 3 is 2.38 bits per heavy atom. The molecule has 1 saturated heterocycles. The smallest absolute Gasteiger partial charge is 0.257 e. The average molecular weight is 294 g/mol. The van der Waals surface area contributed by atoms with E-state index in [2.05, 4.69) is 4.90 Å². The third-order valence-electron chi connectivity index (χ3n) is 4.60. The molecule has 1 aromatic rings. The van der Waals surface area contributed by atoms with Gasteiger partial charge in [-0.1, -0.05) is 12.8 Å². The molecule has 1 aliphatic carbocycles. The standard InChI is InChI=1S/C16H20F2N2O/c17-12-5-6-15(18)14(11-12)16(21)20-9-7-19(8-10-20)13-3-1-2-4-13/h5-6,11,13H,1-4,7-10H2. The van der Waals surface area contributed by atoms with Crippen molar-refractivity contribution in [1.82, 2.24) is 9.80 Å². The quantitative estimate of drug-likeness (QED) is 0.837. The van der Waals surface area contributed by atoms with Crippen LogP contribution in [0.15, 0.2) is 18.2 Å². The summed E-state index contributed by atoms with van der Waals surface area (Å²) in [5, 5.41) is 0. The molecule has 3 nitrogen and oxygen atoms in total. The third kappa shape index (κ3) is 3.07. The van der Waals surface area contributed by atoms with Crippen LogP contribution in [0.25, 0.3) is 0 Å². The Morgan fingerprint density at radius 1 is 1.05 bits per heavy atom. The fourth-order valence-electron chi connectivity index (χ4n) is 3.39. The van der Waals surface area contributed by atoms with Crippen molar-refractivity contribution in [1.29, 1.82) is 0 Å². The first-order valence-corrected chi connectivity index (χ1v) is 7.63. The zero-order valence-electron chi connectivity index (χ0n) is 12.0. The van der Waals surface area contributed by atoms with Gasteiger partial charge >= 0.3 is 0 Å². The second-order valence-electron chi connectivity index (χ2n) is 5.89. The maximum Gasteiger partial charge on any atom is 0.257 e. The largest absolute Gasteiger partial charge is 0.336 e. The molecule has 1 saturated carbocycles. The van der Waals surface area contributed by atoms with E-state index in [9.17, 15) is 13.6 Å². The molecule has 0 radical (unpaired) electrons. The zero-order chi connectivity index (χ0) is 14.8. The highest BCUT2D eigenvalue weighted by molar-refractivity contribution is 5.94. The molecular weight excluding hydrogens is 274 g/mol. The van der Waals surface area contributed by atoms with Crippen LogP contribution in [-0.2, 0) is 0 Å². The number of halogens is 2. The van der Waals surface area contributed by atoms with Crippen molar-refractivity contribution in [3.8, 4) is 0 Å². The second-order valence-corrected chi connectivity index (χ2v) is 5.89. The van der Waals surface area contributed by atoms with E-state index in [0.29, 0.717) is 19.1 Å². The lowest BCUT2D eigenvalue weighted by Crippen LogP contribution is -2.51. The summed E-state index contributed by atoms with van der Waals surface area (Å²) in [7, 11) is 0. The molecule has 114 valence electrons. The number of hydrogen-bond donors (Lipinski definition) is 0. The van der Waals surface area contributed by atoms with Gasteiger partial charge in [-0.2, -0.15) is 0 Å². The molecule has 1 amide bonds. The fourth-order valence-corrected chi connectivity index (χ4v) is 3.39. The van der Waals surface area contributed by atoms with Crippen LogP contribution in [-0.4, -0.2) is 47.9 Å². The molecule has 1 aromatic carbocycles. The first-order valence-electron chi connectivity index (χ1n) is 7.63. The van der Waals surface area contributed by atoms with Crippen molar-refractivity contribution in [3.63, 3.8) is 0 Å². The molecule has 3 rings (SSSR count). The maximum absolute atomic E-state index is 13.7. The summed E-state index contributed by atoms with van der Waals surface area (Å²) >= 11 is 0. The van der Waals surface area contributed by atoms with Gasteiger partial charge in [0.25, 0.3) is 5.91 Å². The normalized spacial score (nSPS) is 21.0. The lowest BCUT2D eigenvalue weighted by molar-refractivity contribution is 0.0568. The molecule has 2 fully saturated rings. The van der Waals surface area contributed by atoms with E-state index < -0.39 is 17.5 Å². The summed E-state index contributed by atoms with van der Waals surface area (Å²) in [6.07, 6.45) is 5.07. The van der Waals surface area contributed by atoms with E-state index in [-0.39, 0.29) is 5.56 Å². The minimum Gasteiger partial charge on any atom is -0.336 e. The topological polar surface area (TPSA) is 23.6 Å². The van der Waals surface area contributed by atoms with Gasteiger partial charge in [0.05, 0.1) is 5.56 Å². The van der Waals surface area contributed by atoms with Crippen LogP contribution < -0.4 is 0 Å². The van der Waals surface area contributed by atoms with Gasteiger partial charge in [-0.3, -0.25) is 9.69 Å². The van der Waals surface area contributed by atoms with E-state index in [1.54, 1.807) is 4.90 Å². The Morgan fingerprint density at radius 2 is 1.71 bits per heavy atom. The van der Waals surface area contributed by atoms with E-state index in [0.717, 1.165) is 31.3 Å². The van der Waals surface area contributed by atoms with Gasteiger partial charge in [-0.15, -0.1) is 0 Å². The summed E-state index contributed by atoms with van der Waals surface area (Å²) in [6.45, 7) is 2.83. The summed E-state index contributed by atoms with van der Waals surface area (Å²) in [4.78, 5) is 16.4. The van der Waals surface area contributed by atoms with Gasteiger partial charge in [0, 0.05) is 32.2 Å². The predicted octanol–water partition coefficient (Wildman–Crippen LogP) is 2.67. The number of carbonyl (C=O) groups excluding carboxylic acids is 1. The number of carbonyl (C=O) groups is 1. The van der Waals surface area contributed by atoms with Crippen LogP contribution in [0.3, 0.4) is 0 Å². The number of rotatable bonds is 2. The molecule has 1 aliphatic heterocycles. The van der Waals surface area contributed by atoms with E-state index in [1.165, 1.54) is 25.7 Å². The van der Waals surface area contributed by atoms with Gasteiger partial charge in [0.2, 0.25) is 0 Å². The Hall–Kier alpha value is -1.49. The van der Waals surface area contributed by atoms with E-state index >= 15 is 0 Å². The molecule has 2 aliphatic rings. The van der Waals surface area contributed by atoms with Crippen molar-refractivity contribution in [3.05, 3.63) is 35.4 Å². The van der Waals surface area contributed by atoms with Gasteiger partial charge < -0.3 is 4.90 Å². The monoisotopic (exact) mass is 294 g/mol. The van der Waals surface area contributed by atoms with Gasteiger partial charge in [0.15, 0.2) is 0 Å². The molecule has 0 atom stereocenters. The molecule has 1 heterocycles. The highest BCUT2D eigenvalue weighted by atomic mass is 19.1. The Kier molecular flexibility index (Phi) is 4.19. The molecule has 0 bridgehead atoms. The first kappa shape index (κ1) is 14.4. The van der Waals surface area contributed by atoms with Crippen LogP contribution in [0, 0.1) is 11.6 Å². The van der Waals surface area contributed by atoms with Crippen LogP contribution in [0.4, 0.5) is 8.78 Å². The molecule has 21 heavy (non-hydrogen) atoms. The van der Waals surface area contributed by atoms with Crippen molar-refractivity contribution in [2.24, 2.45) is 0 Å². The SMILES string of the molecule is O=C(c1cc(F)ccc1F)N1CCN(C2CCCC2)CC1. The lowest BCUT2D eigenvalue weighted by atomic mass is 10.1. The molecule has 0 spiro atoms. The van der Waals surface area contributed by atoms with Crippen molar-refractivity contribution in [2.45, 2.75) is 31.7 Å². The Labute approximate surface area is 123 Å². The summed E-state index contributed by atoms with van der Waals surface area (Å²) in [6, 6.07) is 3.68. The second kappa shape index (κ2) is 6.10. The summed E-state index contributed by atoms with van der Waals surface area (Å²) in [5.74, 6) is -1.64. The Bertz CT molecular complexity index is 521. The van der Waals surface area contributed by atoms with Crippen molar-refractivity contribution >= 4 is 5.91 Å². The van der Waals surface area contributed by atoms with E-state index in [1.807, 2.05) is 0 Å². The maximum atomic E-state index is 13.7. The zero-order valence-corrected chi connectivity index (χ0v) is 12.0. The van der Waals surface area contributed by atoms with Gasteiger partial charge in [0.1, 0.15) is 11.6 Å². The lowest BCUT2D eigenvalue weighted by Gasteiger charge is -2.38. The van der Waals surface area contributed by atoms with E-state index in [4.69, 9.17) is 0 Å². The van der Waals surface area contributed by atoms with Crippen LogP contribution >= 0.6 is 0 Å².